The molecule has 0 saturated carbocycles. The van der Waals surface area contributed by atoms with Crippen molar-refractivity contribution in [3.8, 4) is 11.5 Å². The fourth-order valence-electron chi connectivity index (χ4n) is 3.87. The third kappa shape index (κ3) is 4.46. The van der Waals surface area contributed by atoms with Gasteiger partial charge in [0.15, 0.2) is 17.3 Å². The van der Waals surface area contributed by atoms with Crippen LogP contribution in [-0.2, 0) is 17.8 Å². The van der Waals surface area contributed by atoms with Crippen LogP contribution in [0, 0.1) is 0 Å². The Kier molecular flexibility index (Phi) is 6.44. The molecule has 0 aliphatic carbocycles. The van der Waals surface area contributed by atoms with E-state index >= 15 is 0 Å². The van der Waals surface area contributed by atoms with Crippen molar-refractivity contribution in [2.75, 3.05) is 18.5 Å². The van der Waals surface area contributed by atoms with Gasteiger partial charge in [-0.15, -0.1) is 0 Å². The molecule has 0 bridgehead atoms. The number of carbonyl (C=O) groups is 2. The molecule has 0 fully saturated rings. The minimum absolute atomic E-state index is 0.210. The average molecular weight is 434 g/mol. The van der Waals surface area contributed by atoms with Crippen molar-refractivity contribution in [2.24, 2.45) is 0 Å². The second-order valence-electron chi connectivity index (χ2n) is 7.42. The second kappa shape index (κ2) is 9.60. The van der Waals surface area contributed by atoms with Gasteiger partial charge in [0.05, 0.1) is 19.5 Å². The van der Waals surface area contributed by atoms with Gasteiger partial charge in [-0.05, 0) is 49.2 Å². The molecular weight excluding hydrogens is 408 g/mol. The van der Waals surface area contributed by atoms with Crippen LogP contribution in [-0.4, -0.2) is 36.0 Å². The molecule has 0 spiro atoms. The predicted molar refractivity (Wildman–Crippen MR) is 120 cm³/mol. The summed E-state index contributed by atoms with van der Waals surface area (Å²) in [5.41, 5.74) is 2.65. The van der Waals surface area contributed by atoms with Crippen LogP contribution in [0.3, 0.4) is 0 Å². The van der Waals surface area contributed by atoms with Gasteiger partial charge in [0.2, 0.25) is 5.91 Å². The van der Waals surface area contributed by atoms with Crippen LogP contribution < -0.4 is 14.8 Å². The summed E-state index contributed by atoms with van der Waals surface area (Å²) in [6.45, 7) is 5.11. The van der Waals surface area contributed by atoms with E-state index in [1.54, 1.807) is 35.2 Å². The van der Waals surface area contributed by atoms with Gasteiger partial charge in [0, 0.05) is 24.7 Å². The Bertz CT molecular complexity index is 1090. The number of anilines is 1. The molecule has 7 nitrogen and oxygen atoms in total. The summed E-state index contributed by atoms with van der Waals surface area (Å²) in [5.74, 6) is 0.803. The molecule has 1 aromatic heterocycles. The first-order valence-corrected chi connectivity index (χ1v) is 10.7. The smallest absolute Gasteiger partial charge is 0.290 e. The largest absolute Gasteiger partial charge is 0.490 e. The van der Waals surface area contributed by atoms with Crippen molar-refractivity contribution in [2.45, 2.75) is 32.9 Å². The third-order valence-corrected chi connectivity index (χ3v) is 5.35. The minimum atomic E-state index is -0.676. The number of ether oxygens (including phenoxy) is 2. The summed E-state index contributed by atoms with van der Waals surface area (Å²) in [5, 5.41) is 2.94. The van der Waals surface area contributed by atoms with Crippen molar-refractivity contribution in [3.05, 3.63) is 77.7 Å². The number of rotatable bonds is 7. The molecule has 2 amide bonds. The molecule has 32 heavy (non-hydrogen) atoms. The van der Waals surface area contributed by atoms with Crippen molar-refractivity contribution in [3.63, 3.8) is 0 Å². The Morgan fingerprint density at radius 3 is 2.47 bits per heavy atom. The summed E-state index contributed by atoms with van der Waals surface area (Å²) < 4.78 is 16.6. The first-order chi connectivity index (χ1) is 15.6. The highest BCUT2D eigenvalue weighted by molar-refractivity contribution is 6.00. The Morgan fingerprint density at radius 1 is 1.00 bits per heavy atom. The van der Waals surface area contributed by atoms with Gasteiger partial charge >= 0.3 is 0 Å². The van der Waals surface area contributed by atoms with E-state index in [-0.39, 0.29) is 17.6 Å². The number of fused-ring (bicyclic) bond motifs is 1. The second-order valence-corrected chi connectivity index (χ2v) is 7.42. The molecule has 1 N–H and O–H groups in total. The number of benzene rings is 2. The molecule has 2 heterocycles. The summed E-state index contributed by atoms with van der Waals surface area (Å²) in [7, 11) is 0. The first-order valence-electron chi connectivity index (χ1n) is 10.7. The van der Waals surface area contributed by atoms with Crippen molar-refractivity contribution >= 4 is 17.5 Å². The molecule has 4 rings (SSSR count). The van der Waals surface area contributed by atoms with E-state index in [4.69, 9.17) is 13.9 Å². The third-order valence-electron chi connectivity index (χ3n) is 5.35. The zero-order valence-corrected chi connectivity index (χ0v) is 18.2. The summed E-state index contributed by atoms with van der Waals surface area (Å²) in [4.78, 5) is 28.0. The van der Waals surface area contributed by atoms with Gasteiger partial charge in [0.1, 0.15) is 6.04 Å². The van der Waals surface area contributed by atoms with Crippen LogP contribution >= 0.6 is 0 Å². The Morgan fingerprint density at radius 2 is 1.75 bits per heavy atom. The Labute approximate surface area is 186 Å². The van der Waals surface area contributed by atoms with E-state index in [1.165, 1.54) is 6.26 Å². The van der Waals surface area contributed by atoms with Gasteiger partial charge in [-0.1, -0.05) is 24.3 Å². The maximum Gasteiger partial charge on any atom is 0.290 e. The minimum Gasteiger partial charge on any atom is -0.490 e. The van der Waals surface area contributed by atoms with Crippen molar-refractivity contribution in [1.29, 1.82) is 0 Å². The fourth-order valence-corrected chi connectivity index (χ4v) is 3.87. The summed E-state index contributed by atoms with van der Waals surface area (Å²) in [6.07, 6.45) is 1.87. The molecule has 0 saturated heterocycles. The molecular formula is C25H26N2O5. The standard InChI is InChI=1S/C25H26N2O5/c1-3-30-21-12-11-19(15-23(21)31-4-2)26-24(28)20-14-17-8-5-6-9-18(17)16-27(20)25(29)22-10-7-13-32-22/h5-13,15,20H,3-4,14,16H2,1-2H3,(H,26,28). The normalized spacial score (nSPS) is 15.1. The quantitative estimate of drug-likeness (QED) is 0.600. The molecule has 1 atom stereocenters. The number of amides is 2. The lowest BCUT2D eigenvalue weighted by atomic mass is 9.93. The molecule has 2 aromatic carbocycles. The fraction of sp³-hybridized carbons (Fsp3) is 0.280. The van der Waals surface area contributed by atoms with Crippen LogP contribution in [0.1, 0.15) is 35.5 Å². The maximum absolute atomic E-state index is 13.3. The monoisotopic (exact) mass is 434 g/mol. The summed E-state index contributed by atoms with van der Waals surface area (Å²) in [6, 6.07) is 15.7. The lowest BCUT2D eigenvalue weighted by Gasteiger charge is -2.35. The first kappa shape index (κ1) is 21.5. The summed E-state index contributed by atoms with van der Waals surface area (Å²) >= 11 is 0. The van der Waals surface area contributed by atoms with Crippen molar-refractivity contribution < 1.29 is 23.5 Å². The number of hydrogen-bond donors (Lipinski definition) is 1. The van der Waals surface area contributed by atoms with Crippen LogP contribution in [0.2, 0.25) is 0 Å². The molecule has 1 aliphatic heterocycles. The van der Waals surface area contributed by atoms with Gasteiger partial charge in [0.25, 0.3) is 5.91 Å². The van der Waals surface area contributed by atoms with Crippen LogP contribution in [0.15, 0.2) is 65.3 Å². The molecule has 166 valence electrons. The highest BCUT2D eigenvalue weighted by Gasteiger charge is 2.36. The van der Waals surface area contributed by atoms with Crippen LogP contribution in [0.5, 0.6) is 11.5 Å². The van der Waals surface area contributed by atoms with Crippen molar-refractivity contribution in [1.82, 2.24) is 4.90 Å². The maximum atomic E-state index is 13.3. The molecule has 0 radical (unpaired) electrons. The SMILES string of the molecule is CCOc1ccc(NC(=O)C2Cc3ccccc3CN2C(=O)c2ccco2)cc1OCC. The number of nitrogens with zero attached hydrogens (tertiary/aromatic N) is 1. The van der Waals surface area contributed by atoms with Gasteiger partial charge in [-0.2, -0.15) is 0 Å². The molecule has 3 aromatic rings. The van der Waals surface area contributed by atoms with E-state index in [9.17, 15) is 9.59 Å². The Hall–Kier alpha value is -3.74. The van der Waals surface area contributed by atoms with E-state index < -0.39 is 6.04 Å². The number of hydrogen-bond acceptors (Lipinski definition) is 5. The van der Waals surface area contributed by atoms with Crippen LogP contribution in [0.4, 0.5) is 5.69 Å². The highest BCUT2D eigenvalue weighted by Crippen LogP contribution is 2.31. The number of furan rings is 1. The molecule has 1 unspecified atom stereocenters. The zero-order valence-electron chi connectivity index (χ0n) is 18.2. The molecule has 7 heteroatoms. The lowest BCUT2D eigenvalue weighted by Crippen LogP contribution is -2.50. The Balaban J connectivity index is 1.60. The van der Waals surface area contributed by atoms with E-state index in [1.807, 2.05) is 38.1 Å². The lowest BCUT2D eigenvalue weighted by molar-refractivity contribution is -0.121. The topological polar surface area (TPSA) is 81.0 Å². The predicted octanol–water partition coefficient (Wildman–Crippen LogP) is 4.28. The van der Waals surface area contributed by atoms with Gasteiger partial charge in [-0.3, -0.25) is 9.59 Å². The van der Waals surface area contributed by atoms with Gasteiger partial charge in [-0.25, -0.2) is 0 Å². The van der Waals surface area contributed by atoms with Gasteiger partial charge < -0.3 is 24.1 Å². The molecule has 1 aliphatic rings. The van der Waals surface area contributed by atoms with E-state index in [2.05, 4.69) is 5.32 Å². The number of nitrogens with one attached hydrogen (secondary N) is 1. The van der Waals surface area contributed by atoms with Crippen LogP contribution in [0.25, 0.3) is 0 Å². The zero-order chi connectivity index (χ0) is 22.5. The van der Waals surface area contributed by atoms with E-state index in [0.29, 0.717) is 43.4 Å². The van der Waals surface area contributed by atoms with E-state index in [0.717, 1.165) is 11.1 Å². The highest BCUT2D eigenvalue weighted by atomic mass is 16.5. The average Bonchev–Trinajstić information content (AvgIpc) is 3.35. The number of carbonyl (C=O) groups excluding carboxylic acids is 2.